The summed E-state index contributed by atoms with van der Waals surface area (Å²) in [6.45, 7) is 1.83. The molecule has 0 amide bonds. The number of hydrogen-bond acceptors (Lipinski definition) is 8. The molecule has 9 nitrogen and oxygen atoms in total. The fourth-order valence-electron chi connectivity index (χ4n) is 5.70. The van der Waals surface area contributed by atoms with Crippen LogP contribution in [0, 0.1) is 5.41 Å². The lowest BCUT2D eigenvalue weighted by molar-refractivity contribution is 0.187. The summed E-state index contributed by atoms with van der Waals surface area (Å²) in [7, 11) is 1.92. The Labute approximate surface area is 206 Å². The van der Waals surface area contributed by atoms with E-state index in [4.69, 9.17) is 15.7 Å². The Kier molecular flexibility index (Phi) is 4.62. The zero-order chi connectivity index (χ0) is 23.6. The van der Waals surface area contributed by atoms with Gasteiger partial charge in [0, 0.05) is 37.3 Å². The average molecular weight is 484 g/mol. The number of nitrogens with one attached hydrogen (secondary N) is 1. The minimum Gasteiger partial charge on any atom is -0.342 e. The number of hydrogen-bond donors (Lipinski definition) is 2. The summed E-state index contributed by atoms with van der Waals surface area (Å²) in [5.41, 5.74) is 12.8. The molecule has 2 aliphatic rings. The lowest BCUT2D eigenvalue weighted by Crippen LogP contribution is -2.44. The molecule has 1 atom stereocenters. The number of H-pyrrole nitrogens is 1. The van der Waals surface area contributed by atoms with Crippen LogP contribution in [0.3, 0.4) is 0 Å². The molecule has 1 spiro atoms. The number of aryl methyl sites for hydroxylation is 1. The van der Waals surface area contributed by atoms with Gasteiger partial charge in [-0.1, -0.05) is 36.0 Å². The van der Waals surface area contributed by atoms with Gasteiger partial charge in [-0.15, -0.1) is 0 Å². The number of anilines is 1. The van der Waals surface area contributed by atoms with Gasteiger partial charge in [0.2, 0.25) is 5.95 Å². The van der Waals surface area contributed by atoms with Crippen LogP contribution >= 0.6 is 11.8 Å². The Morgan fingerprint density at radius 2 is 1.94 bits per heavy atom. The molecule has 1 fully saturated rings. The highest BCUT2D eigenvalue weighted by Gasteiger charge is 2.46. The lowest BCUT2D eigenvalue weighted by atomic mass is 9.73. The Bertz CT molecular complexity index is 1560. The van der Waals surface area contributed by atoms with Crippen molar-refractivity contribution >= 4 is 40.0 Å². The minimum absolute atomic E-state index is 0.110. The molecule has 5 aromatic rings. The van der Waals surface area contributed by atoms with E-state index in [1.54, 1.807) is 30.4 Å². The molecular formula is C25H25N9S. The molecule has 1 aliphatic heterocycles. The van der Waals surface area contributed by atoms with Gasteiger partial charge in [0.15, 0.2) is 11.3 Å². The number of nitrogens with two attached hydrogens (primary N) is 1. The molecule has 0 unspecified atom stereocenters. The van der Waals surface area contributed by atoms with Gasteiger partial charge in [-0.3, -0.25) is 9.67 Å². The van der Waals surface area contributed by atoms with Crippen LogP contribution in [0.4, 0.5) is 5.95 Å². The fourth-order valence-corrected chi connectivity index (χ4v) is 6.62. The average Bonchev–Trinajstić information content (AvgIpc) is 3.55. The van der Waals surface area contributed by atoms with Crippen LogP contribution in [0.25, 0.3) is 22.3 Å². The first-order valence-corrected chi connectivity index (χ1v) is 12.7. The number of rotatable bonds is 3. The number of piperidine rings is 1. The Hall–Kier alpha value is -3.50. The van der Waals surface area contributed by atoms with Crippen molar-refractivity contribution in [2.24, 2.45) is 18.2 Å². The maximum atomic E-state index is 6.74. The van der Waals surface area contributed by atoms with E-state index in [0.29, 0.717) is 11.3 Å². The largest absolute Gasteiger partial charge is 0.342 e. The zero-order valence-corrected chi connectivity index (χ0v) is 20.2. The van der Waals surface area contributed by atoms with Crippen LogP contribution in [0.15, 0.2) is 58.8 Å². The van der Waals surface area contributed by atoms with Gasteiger partial charge >= 0.3 is 0 Å². The van der Waals surface area contributed by atoms with Gasteiger partial charge in [-0.2, -0.15) is 10.1 Å². The molecular weight excluding hydrogens is 458 g/mol. The van der Waals surface area contributed by atoms with Crippen LogP contribution in [-0.4, -0.2) is 47.8 Å². The Morgan fingerprint density at radius 3 is 2.80 bits per heavy atom. The third-order valence-electron chi connectivity index (χ3n) is 7.63. The van der Waals surface area contributed by atoms with Gasteiger partial charge in [0.1, 0.15) is 16.1 Å². The fraction of sp³-hybridized carbons (Fsp3) is 0.320. The van der Waals surface area contributed by atoms with Gasteiger partial charge < -0.3 is 15.6 Å². The predicted octanol–water partition coefficient (Wildman–Crippen LogP) is 3.63. The first-order valence-electron chi connectivity index (χ1n) is 11.9. The van der Waals surface area contributed by atoms with Crippen LogP contribution in [0.2, 0.25) is 0 Å². The highest BCUT2D eigenvalue weighted by Crippen LogP contribution is 2.50. The molecule has 1 aliphatic carbocycles. The minimum atomic E-state index is 0.110. The van der Waals surface area contributed by atoms with Crippen molar-refractivity contribution in [2.75, 3.05) is 18.0 Å². The SMILES string of the molecule is Cn1ncc2nccc(Sc3cnc4[nH]c(N5CCC6(CC5)Cc5ccccc5[C@H]6N)nc4n3)c21. The third kappa shape index (κ3) is 3.31. The molecule has 176 valence electrons. The first-order chi connectivity index (χ1) is 17.1. The van der Waals surface area contributed by atoms with E-state index >= 15 is 0 Å². The number of aromatic amines is 1. The Morgan fingerprint density at radius 1 is 1.09 bits per heavy atom. The smallest absolute Gasteiger partial charge is 0.206 e. The van der Waals surface area contributed by atoms with Crippen molar-refractivity contribution < 1.29 is 0 Å². The molecule has 1 aromatic carbocycles. The first kappa shape index (κ1) is 20.8. The normalized spacial score (nSPS) is 19.1. The van der Waals surface area contributed by atoms with Crippen molar-refractivity contribution in [2.45, 2.75) is 35.2 Å². The van der Waals surface area contributed by atoms with Crippen molar-refractivity contribution in [1.29, 1.82) is 0 Å². The number of pyridine rings is 1. The van der Waals surface area contributed by atoms with Gasteiger partial charge in [-0.25, -0.2) is 9.97 Å². The second-order valence-corrected chi connectivity index (χ2v) is 10.6. The standard InChI is InChI=1S/C25H25N9S/c1-33-20-17(13-29-33)27-9-6-18(20)35-19-14-28-22-23(30-19)32-24(31-22)34-10-7-25(8-11-34)12-15-4-2-3-5-16(15)21(25)26/h2-6,9,13-14,21H,7-8,10-12,26H2,1H3,(H,28,30,31,32)/t21-/m1/s1. The van der Waals surface area contributed by atoms with Crippen molar-refractivity contribution in [3.05, 3.63) is 60.0 Å². The van der Waals surface area contributed by atoms with Crippen LogP contribution in [-0.2, 0) is 13.5 Å². The van der Waals surface area contributed by atoms with Crippen molar-refractivity contribution in [1.82, 2.24) is 34.7 Å². The lowest BCUT2D eigenvalue weighted by Gasteiger charge is -2.42. The van der Waals surface area contributed by atoms with Crippen molar-refractivity contribution in [3.63, 3.8) is 0 Å². The number of fused-ring (bicyclic) bond motifs is 3. The quantitative estimate of drug-likeness (QED) is 0.400. The van der Waals surface area contributed by atoms with Gasteiger partial charge in [-0.05, 0) is 41.9 Å². The number of benzene rings is 1. The maximum absolute atomic E-state index is 6.74. The van der Waals surface area contributed by atoms with Gasteiger partial charge in [0.05, 0.1) is 12.4 Å². The molecule has 1 saturated heterocycles. The monoisotopic (exact) mass is 483 g/mol. The highest BCUT2D eigenvalue weighted by atomic mass is 32.2. The number of imidazole rings is 1. The summed E-state index contributed by atoms with van der Waals surface area (Å²) in [6, 6.07) is 10.7. The van der Waals surface area contributed by atoms with E-state index in [-0.39, 0.29) is 11.5 Å². The molecule has 4 aromatic heterocycles. The zero-order valence-electron chi connectivity index (χ0n) is 19.3. The van der Waals surface area contributed by atoms with E-state index in [1.165, 1.54) is 11.1 Å². The summed E-state index contributed by atoms with van der Waals surface area (Å²) < 4.78 is 1.83. The summed E-state index contributed by atoms with van der Waals surface area (Å²) in [6.07, 6.45) is 8.52. The van der Waals surface area contributed by atoms with E-state index in [0.717, 1.165) is 59.3 Å². The van der Waals surface area contributed by atoms with Crippen molar-refractivity contribution in [3.8, 4) is 0 Å². The Balaban J connectivity index is 1.11. The van der Waals surface area contributed by atoms with Crippen LogP contribution < -0.4 is 10.6 Å². The molecule has 10 heteroatoms. The molecule has 0 radical (unpaired) electrons. The van der Waals surface area contributed by atoms with E-state index < -0.39 is 0 Å². The van der Waals surface area contributed by atoms with E-state index in [9.17, 15) is 0 Å². The predicted molar refractivity (Wildman–Crippen MR) is 135 cm³/mol. The van der Waals surface area contributed by atoms with E-state index in [2.05, 4.69) is 49.2 Å². The second kappa shape index (κ2) is 7.76. The maximum Gasteiger partial charge on any atom is 0.206 e. The molecule has 7 rings (SSSR count). The van der Waals surface area contributed by atoms with E-state index in [1.807, 2.05) is 17.8 Å². The molecule has 0 bridgehead atoms. The second-order valence-electron chi connectivity index (χ2n) is 9.56. The summed E-state index contributed by atoms with van der Waals surface area (Å²) >= 11 is 1.55. The summed E-state index contributed by atoms with van der Waals surface area (Å²) in [5, 5.41) is 5.11. The van der Waals surface area contributed by atoms with Gasteiger partial charge in [0.25, 0.3) is 0 Å². The molecule has 0 saturated carbocycles. The van der Waals surface area contributed by atoms with Crippen LogP contribution in [0.1, 0.15) is 30.0 Å². The molecule has 3 N–H and O–H groups in total. The summed E-state index contributed by atoms with van der Waals surface area (Å²) in [5.74, 6) is 0.832. The molecule has 5 heterocycles. The number of aromatic nitrogens is 7. The van der Waals surface area contributed by atoms with Crippen LogP contribution in [0.5, 0.6) is 0 Å². The number of nitrogens with zero attached hydrogens (tertiary/aromatic N) is 7. The summed E-state index contributed by atoms with van der Waals surface area (Å²) in [4.78, 5) is 25.3. The highest BCUT2D eigenvalue weighted by molar-refractivity contribution is 7.99. The third-order valence-corrected chi connectivity index (χ3v) is 8.59. The topological polar surface area (TPSA) is 114 Å². The molecule has 35 heavy (non-hydrogen) atoms.